The molecule has 2 N–H and O–H groups in total. The number of para-hydroxylation sites is 2. The maximum atomic E-state index is 12.5. The van der Waals surface area contributed by atoms with Crippen molar-refractivity contribution in [2.75, 3.05) is 24.3 Å². The number of carbonyl (C=O) groups excluding carboxylic acids is 1. The molecule has 0 saturated heterocycles. The van der Waals surface area contributed by atoms with Gasteiger partial charge in [-0.05, 0) is 29.7 Å². The fourth-order valence-electron chi connectivity index (χ4n) is 3.54. The van der Waals surface area contributed by atoms with E-state index < -0.39 is 0 Å². The van der Waals surface area contributed by atoms with E-state index in [0.717, 1.165) is 33.2 Å². The van der Waals surface area contributed by atoms with Gasteiger partial charge in [-0.1, -0.05) is 50.2 Å². The molecule has 0 saturated carbocycles. The standard InChI is InChI=1S/C24H24N2O3/c1-15(2)16-8-4-6-10-19(16)26-24(27)14-25-20-13-22-18(12-23(20)28-3)17-9-5-7-11-21(17)29-22/h4-13,15,25H,14H2,1-3H3,(H,26,27). The van der Waals surface area contributed by atoms with Crippen LogP contribution in [0.15, 0.2) is 65.1 Å². The van der Waals surface area contributed by atoms with Gasteiger partial charge in [-0.2, -0.15) is 0 Å². The van der Waals surface area contributed by atoms with Crippen LogP contribution in [0.1, 0.15) is 25.3 Å². The van der Waals surface area contributed by atoms with Crippen LogP contribution in [-0.2, 0) is 4.79 Å². The fraction of sp³-hybridized carbons (Fsp3) is 0.208. The second kappa shape index (κ2) is 7.87. The van der Waals surface area contributed by atoms with Gasteiger partial charge < -0.3 is 19.8 Å². The van der Waals surface area contributed by atoms with Crippen molar-refractivity contribution < 1.29 is 13.9 Å². The zero-order chi connectivity index (χ0) is 20.4. The van der Waals surface area contributed by atoms with Gasteiger partial charge in [0, 0.05) is 22.5 Å². The number of amides is 1. The van der Waals surface area contributed by atoms with Gasteiger partial charge in [-0.3, -0.25) is 4.79 Å². The molecule has 0 unspecified atom stereocenters. The number of nitrogens with one attached hydrogen (secondary N) is 2. The van der Waals surface area contributed by atoms with Crippen LogP contribution in [0.2, 0.25) is 0 Å². The first-order chi connectivity index (χ1) is 14.1. The van der Waals surface area contributed by atoms with Crippen molar-refractivity contribution in [2.24, 2.45) is 0 Å². The average Bonchev–Trinajstić information content (AvgIpc) is 3.09. The van der Waals surface area contributed by atoms with E-state index in [1.54, 1.807) is 7.11 Å². The Balaban J connectivity index is 1.55. The summed E-state index contributed by atoms with van der Waals surface area (Å²) in [6.45, 7) is 4.34. The molecule has 4 rings (SSSR count). The number of fused-ring (bicyclic) bond motifs is 3. The van der Waals surface area contributed by atoms with Crippen LogP contribution >= 0.6 is 0 Å². The topological polar surface area (TPSA) is 63.5 Å². The minimum Gasteiger partial charge on any atom is -0.495 e. The second-order valence-corrected chi connectivity index (χ2v) is 7.29. The molecule has 3 aromatic carbocycles. The normalized spacial score (nSPS) is 11.2. The van der Waals surface area contributed by atoms with Gasteiger partial charge in [-0.25, -0.2) is 0 Å². The molecule has 0 bridgehead atoms. The van der Waals surface area contributed by atoms with Crippen molar-refractivity contribution in [1.29, 1.82) is 0 Å². The zero-order valence-corrected chi connectivity index (χ0v) is 16.8. The lowest BCUT2D eigenvalue weighted by atomic mass is 10.0. The van der Waals surface area contributed by atoms with Crippen molar-refractivity contribution in [3.8, 4) is 5.75 Å². The largest absolute Gasteiger partial charge is 0.495 e. The van der Waals surface area contributed by atoms with Crippen LogP contribution in [0.3, 0.4) is 0 Å². The van der Waals surface area contributed by atoms with Crippen LogP contribution < -0.4 is 15.4 Å². The average molecular weight is 388 g/mol. The molecule has 148 valence electrons. The van der Waals surface area contributed by atoms with Crippen LogP contribution in [0.25, 0.3) is 21.9 Å². The molecule has 0 fully saturated rings. The van der Waals surface area contributed by atoms with E-state index in [9.17, 15) is 4.79 Å². The van der Waals surface area contributed by atoms with Gasteiger partial charge >= 0.3 is 0 Å². The first-order valence-electron chi connectivity index (χ1n) is 9.68. The van der Waals surface area contributed by atoms with E-state index in [1.807, 2.05) is 60.7 Å². The zero-order valence-electron chi connectivity index (χ0n) is 16.8. The Labute approximate surface area is 169 Å². The van der Waals surface area contributed by atoms with Crippen molar-refractivity contribution >= 4 is 39.2 Å². The lowest BCUT2D eigenvalue weighted by Crippen LogP contribution is -2.22. The van der Waals surface area contributed by atoms with Gasteiger partial charge in [-0.15, -0.1) is 0 Å². The summed E-state index contributed by atoms with van der Waals surface area (Å²) in [5.74, 6) is 0.874. The Morgan fingerprint density at radius 2 is 1.72 bits per heavy atom. The minimum atomic E-state index is -0.121. The Hall–Kier alpha value is -3.47. The molecule has 0 aliphatic rings. The van der Waals surface area contributed by atoms with Crippen molar-refractivity contribution in [3.05, 3.63) is 66.2 Å². The molecule has 0 radical (unpaired) electrons. The number of ether oxygens (including phenoxy) is 1. The minimum absolute atomic E-state index is 0.120. The number of carbonyl (C=O) groups is 1. The molecule has 0 aliphatic carbocycles. The van der Waals surface area contributed by atoms with Gasteiger partial charge in [0.15, 0.2) is 0 Å². The first kappa shape index (κ1) is 18.9. The summed E-state index contributed by atoms with van der Waals surface area (Å²) in [7, 11) is 1.62. The monoisotopic (exact) mass is 388 g/mol. The van der Waals surface area contributed by atoms with Gasteiger partial charge in [0.25, 0.3) is 0 Å². The first-order valence-corrected chi connectivity index (χ1v) is 9.68. The number of rotatable bonds is 6. The summed E-state index contributed by atoms with van der Waals surface area (Å²) < 4.78 is 11.5. The number of hydrogen-bond acceptors (Lipinski definition) is 4. The van der Waals surface area contributed by atoms with Gasteiger partial charge in [0.05, 0.1) is 19.3 Å². The highest BCUT2D eigenvalue weighted by Crippen LogP contribution is 2.36. The number of methoxy groups -OCH3 is 1. The third-order valence-electron chi connectivity index (χ3n) is 5.00. The van der Waals surface area contributed by atoms with Crippen molar-refractivity contribution in [1.82, 2.24) is 0 Å². The summed E-state index contributed by atoms with van der Waals surface area (Å²) in [4.78, 5) is 12.5. The molecular formula is C24H24N2O3. The number of anilines is 2. The number of hydrogen-bond donors (Lipinski definition) is 2. The predicted molar refractivity (Wildman–Crippen MR) is 118 cm³/mol. The quantitative estimate of drug-likeness (QED) is 0.440. The lowest BCUT2D eigenvalue weighted by Gasteiger charge is -2.15. The van der Waals surface area contributed by atoms with E-state index in [-0.39, 0.29) is 12.5 Å². The van der Waals surface area contributed by atoms with Gasteiger partial charge in [0.1, 0.15) is 16.9 Å². The highest BCUT2D eigenvalue weighted by Gasteiger charge is 2.14. The molecule has 5 heteroatoms. The Morgan fingerprint density at radius 3 is 2.52 bits per heavy atom. The summed E-state index contributed by atoms with van der Waals surface area (Å²) in [5, 5.41) is 8.19. The van der Waals surface area contributed by atoms with Gasteiger partial charge in [0.2, 0.25) is 5.91 Å². The molecule has 1 amide bonds. The molecule has 0 aliphatic heterocycles. The molecule has 1 aromatic heterocycles. The van der Waals surface area contributed by atoms with E-state index in [2.05, 4.69) is 24.5 Å². The summed E-state index contributed by atoms with van der Waals surface area (Å²) >= 11 is 0. The van der Waals surface area contributed by atoms with E-state index in [0.29, 0.717) is 17.4 Å². The summed E-state index contributed by atoms with van der Waals surface area (Å²) in [5.41, 5.74) is 4.24. The molecule has 0 atom stereocenters. The Morgan fingerprint density at radius 1 is 0.966 bits per heavy atom. The molecule has 5 nitrogen and oxygen atoms in total. The fourth-order valence-corrected chi connectivity index (χ4v) is 3.54. The maximum absolute atomic E-state index is 12.5. The van der Waals surface area contributed by atoms with Crippen LogP contribution in [-0.4, -0.2) is 19.6 Å². The molecule has 1 heterocycles. The summed E-state index contributed by atoms with van der Waals surface area (Å²) in [6.07, 6.45) is 0. The summed E-state index contributed by atoms with van der Waals surface area (Å²) in [6, 6.07) is 19.6. The molecule has 4 aromatic rings. The third kappa shape index (κ3) is 3.76. The number of furan rings is 1. The second-order valence-electron chi connectivity index (χ2n) is 7.29. The van der Waals surface area contributed by atoms with Crippen molar-refractivity contribution in [3.63, 3.8) is 0 Å². The van der Waals surface area contributed by atoms with Crippen LogP contribution in [0.4, 0.5) is 11.4 Å². The van der Waals surface area contributed by atoms with E-state index in [1.165, 1.54) is 0 Å². The molecule has 29 heavy (non-hydrogen) atoms. The smallest absolute Gasteiger partial charge is 0.243 e. The highest BCUT2D eigenvalue weighted by molar-refractivity contribution is 6.06. The van der Waals surface area contributed by atoms with Crippen LogP contribution in [0, 0.1) is 0 Å². The van der Waals surface area contributed by atoms with E-state index >= 15 is 0 Å². The predicted octanol–water partition coefficient (Wildman–Crippen LogP) is 5.77. The lowest BCUT2D eigenvalue weighted by molar-refractivity contribution is -0.114. The Bertz CT molecular complexity index is 1180. The highest BCUT2D eigenvalue weighted by atomic mass is 16.5. The SMILES string of the molecule is COc1cc2c(cc1NCC(=O)Nc1ccccc1C(C)C)oc1ccccc12. The molecule has 0 spiro atoms. The number of benzene rings is 3. The third-order valence-corrected chi connectivity index (χ3v) is 5.00. The Kier molecular flexibility index (Phi) is 5.12. The molecular weight excluding hydrogens is 364 g/mol. The van der Waals surface area contributed by atoms with Crippen molar-refractivity contribution in [2.45, 2.75) is 19.8 Å². The van der Waals surface area contributed by atoms with Crippen LogP contribution in [0.5, 0.6) is 5.75 Å². The maximum Gasteiger partial charge on any atom is 0.243 e. The van der Waals surface area contributed by atoms with E-state index in [4.69, 9.17) is 9.15 Å².